The van der Waals surface area contributed by atoms with Crippen molar-refractivity contribution in [2.24, 2.45) is 0 Å². The molecule has 6 heteroatoms. The maximum Gasteiger partial charge on any atom is 0.308 e. The van der Waals surface area contributed by atoms with Crippen molar-refractivity contribution < 1.29 is 23.8 Å². The van der Waals surface area contributed by atoms with Crippen LogP contribution in [0.2, 0.25) is 0 Å². The van der Waals surface area contributed by atoms with Crippen molar-refractivity contribution in [3.8, 4) is 5.75 Å². The topological polar surface area (TPSA) is 72.1 Å². The molecule has 1 aromatic carbocycles. The summed E-state index contributed by atoms with van der Waals surface area (Å²) < 4.78 is 16.7. The first-order chi connectivity index (χ1) is 10.8. The monoisotopic (exact) mass is 319 g/mol. The summed E-state index contributed by atoms with van der Waals surface area (Å²) in [6.45, 7) is 6.19. The van der Waals surface area contributed by atoms with Crippen LogP contribution in [0.3, 0.4) is 0 Å². The molecule has 0 radical (unpaired) electrons. The van der Waals surface area contributed by atoms with Gasteiger partial charge in [-0.2, -0.15) is 0 Å². The summed E-state index contributed by atoms with van der Waals surface area (Å²) >= 11 is 0. The second-order valence-corrected chi connectivity index (χ2v) is 6.13. The van der Waals surface area contributed by atoms with Gasteiger partial charge in [-0.15, -0.1) is 0 Å². The van der Waals surface area contributed by atoms with E-state index >= 15 is 0 Å². The highest BCUT2D eigenvalue weighted by Gasteiger charge is 2.38. The first kappa shape index (κ1) is 16.0. The number of aryl methyl sites for hydroxylation is 1. The predicted octanol–water partition coefficient (Wildman–Crippen LogP) is 2.43. The number of carbonyl (C=O) groups is 1. The Morgan fingerprint density at radius 1 is 1.35 bits per heavy atom. The van der Waals surface area contributed by atoms with Crippen LogP contribution in [0.15, 0.2) is 16.5 Å². The van der Waals surface area contributed by atoms with Crippen molar-refractivity contribution in [2.45, 2.75) is 33.0 Å². The van der Waals surface area contributed by atoms with Crippen molar-refractivity contribution in [1.29, 1.82) is 0 Å². The normalized spacial score (nSPS) is 22.5. The summed E-state index contributed by atoms with van der Waals surface area (Å²) in [5, 5.41) is 11.5. The van der Waals surface area contributed by atoms with Gasteiger partial charge in [-0.1, -0.05) is 0 Å². The molecule has 0 spiro atoms. The smallest absolute Gasteiger partial charge is 0.308 e. The Balaban J connectivity index is 2.05. The fourth-order valence-electron chi connectivity index (χ4n) is 2.75. The Bertz CT molecular complexity index is 756. The number of esters is 1. The zero-order valence-electron chi connectivity index (χ0n) is 13.8. The molecule has 23 heavy (non-hydrogen) atoms. The van der Waals surface area contributed by atoms with Crippen LogP contribution >= 0.6 is 0 Å². The van der Waals surface area contributed by atoms with E-state index in [4.69, 9.17) is 13.9 Å². The third-order valence-electron chi connectivity index (χ3n) is 4.31. The minimum atomic E-state index is -1.42. The van der Waals surface area contributed by atoms with Gasteiger partial charge in [0, 0.05) is 25.3 Å². The Morgan fingerprint density at radius 2 is 2.09 bits per heavy atom. The van der Waals surface area contributed by atoms with Crippen LogP contribution in [-0.4, -0.2) is 36.3 Å². The van der Waals surface area contributed by atoms with E-state index < -0.39 is 5.79 Å². The van der Waals surface area contributed by atoms with Crippen molar-refractivity contribution in [3.05, 3.63) is 29.0 Å². The molecule has 1 aliphatic rings. The summed E-state index contributed by atoms with van der Waals surface area (Å²) in [6, 6.07) is 3.50. The number of ether oxygens (including phenoxy) is 2. The highest BCUT2D eigenvalue weighted by Crippen LogP contribution is 2.38. The Kier molecular flexibility index (Phi) is 3.91. The molecular formula is C17H21NO5. The number of fused-ring (bicyclic) bond motifs is 1. The molecule has 2 heterocycles. The summed E-state index contributed by atoms with van der Waals surface area (Å²) in [6.07, 6.45) is 0.429. The molecule has 0 saturated carbocycles. The molecule has 6 nitrogen and oxygen atoms in total. The number of hydrogen-bond donors (Lipinski definition) is 1. The van der Waals surface area contributed by atoms with Crippen LogP contribution in [0.4, 0.5) is 0 Å². The minimum absolute atomic E-state index is 0.338. The van der Waals surface area contributed by atoms with Gasteiger partial charge < -0.3 is 19.0 Å². The van der Waals surface area contributed by atoms with Gasteiger partial charge in [-0.3, -0.25) is 9.69 Å². The largest absolute Gasteiger partial charge is 0.455 e. The first-order valence-electron chi connectivity index (χ1n) is 7.57. The zero-order valence-corrected chi connectivity index (χ0v) is 13.8. The van der Waals surface area contributed by atoms with Crippen LogP contribution in [0.5, 0.6) is 5.75 Å². The van der Waals surface area contributed by atoms with E-state index in [0.29, 0.717) is 36.8 Å². The lowest BCUT2D eigenvalue weighted by molar-refractivity contribution is -0.269. The Labute approximate surface area is 134 Å². The van der Waals surface area contributed by atoms with E-state index in [0.717, 1.165) is 16.5 Å². The van der Waals surface area contributed by atoms with Gasteiger partial charge in [0.05, 0.1) is 0 Å². The number of furan rings is 1. The molecule has 1 unspecified atom stereocenters. The number of carbonyl (C=O) groups excluding carboxylic acids is 1. The van der Waals surface area contributed by atoms with E-state index in [1.54, 1.807) is 12.1 Å². The molecule has 124 valence electrons. The maximum absolute atomic E-state index is 11.2. The molecule has 3 rings (SSSR count). The van der Waals surface area contributed by atoms with Crippen molar-refractivity contribution in [3.63, 3.8) is 0 Å². The SMILES string of the molecule is CC(=O)Oc1cc2cc(C3(O)CCN(C)CO3)oc2c(C)c1C. The minimum Gasteiger partial charge on any atom is -0.455 e. The standard InChI is InChI=1S/C17H21NO5/c1-10-11(2)16-13(7-14(10)22-12(3)19)8-15(23-16)17(20)5-6-18(4)9-21-17/h7-8,20H,5-6,9H2,1-4H3. The molecule has 1 N–H and O–H groups in total. The van der Waals surface area contributed by atoms with E-state index in [9.17, 15) is 9.90 Å². The fourth-order valence-corrected chi connectivity index (χ4v) is 2.75. The van der Waals surface area contributed by atoms with Gasteiger partial charge in [0.15, 0.2) is 5.76 Å². The molecule has 1 aliphatic heterocycles. The maximum atomic E-state index is 11.2. The molecule has 1 atom stereocenters. The van der Waals surface area contributed by atoms with E-state index in [-0.39, 0.29) is 5.97 Å². The third-order valence-corrected chi connectivity index (χ3v) is 4.31. The van der Waals surface area contributed by atoms with Gasteiger partial charge in [-0.05, 0) is 44.2 Å². The van der Waals surface area contributed by atoms with Crippen LogP contribution < -0.4 is 4.74 Å². The molecule has 0 aliphatic carbocycles. The lowest BCUT2D eigenvalue weighted by Gasteiger charge is -2.34. The predicted molar refractivity (Wildman–Crippen MR) is 84.1 cm³/mol. The van der Waals surface area contributed by atoms with E-state index in [1.807, 2.05) is 25.8 Å². The Hall–Kier alpha value is -1.89. The lowest BCUT2D eigenvalue weighted by Crippen LogP contribution is -2.42. The zero-order chi connectivity index (χ0) is 16.8. The number of nitrogens with zero attached hydrogens (tertiary/aromatic N) is 1. The van der Waals surface area contributed by atoms with Gasteiger partial charge in [0.2, 0.25) is 5.79 Å². The average Bonchev–Trinajstić information content (AvgIpc) is 2.92. The number of aliphatic hydroxyl groups is 1. The van der Waals surface area contributed by atoms with E-state index in [1.165, 1.54) is 6.92 Å². The molecule has 2 aromatic rings. The molecule has 0 amide bonds. The van der Waals surface area contributed by atoms with Gasteiger partial charge in [0.25, 0.3) is 0 Å². The summed E-state index contributed by atoms with van der Waals surface area (Å²) in [7, 11) is 1.93. The van der Waals surface area contributed by atoms with Gasteiger partial charge >= 0.3 is 5.97 Å². The molecular weight excluding hydrogens is 298 g/mol. The van der Waals surface area contributed by atoms with Crippen LogP contribution in [0, 0.1) is 13.8 Å². The second-order valence-electron chi connectivity index (χ2n) is 6.13. The van der Waals surface area contributed by atoms with Crippen LogP contribution in [0.25, 0.3) is 11.0 Å². The Morgan fingerprint density at radius 3 is 2.70 bits per heavy atom. The van der Waals surface area contributed by atoms with Crippen molar-refractivity contribution in [1.82, 2.24) is 4.90 Å². The van der Waals surface area contributed by atoms with E-state index in [2.05, 4.69) is 0 Å². The van der Waals surface area contributed by atoms with Gasteiger partial charge in [-0.25, -0.2) is 0 Å². The first-order valence-corrected chi connectivity index (χ1v) is 7.57. The highest BCUT2D eigenvalue weighted by atomic mass is 16.6. The van der Waals surface area contributed by atoms with Crippen LogP contribution in [0.1, 0.15) is 30.2 Å². The van der Waals surface area contributed by atoms with Crippen molar-refractivity contribution >= 4 is 16.9 Å². The molecule has 1 fully saturated rings. The molecule has 1 saturated heterocycles. The highest BCUT2D eigenvalue weighted by molar-refractivity contribution is 5.85. The lowest BCUT2D eigenvalue weighted by atomic mass is 10.0. The van der Waals surface area contributed by atoms with Crippen LogP contribution in [-0.2, 0) is 15.3 Å². The second kappa shape index (κ2) is 5.63. The third kappa shape index (κ3) is 2.85. The summed E-state index contributed by atoms with van der Waals surface area (Å²) in [4.78, 5) is 13.2. The fraction of sp³-hybridized carbons (Fsp3) is 0.471. The van der Waals surface area contributed by atoms with Gasteiger partial charge in [0.1, 0.15) is 18.1 Å². The number of benzene rings is 1. The average molecular weight is 319 g/mol. The van der Waals surface area contributed by atoms with Crippen molar-refractivity contribution in [2.75, 3.05) is 20.3 Å². The molecule has 0 bridgehead atoms. The number of rotatable bonds is 2. The quantitative estimate of drug-likeness (QED) is 0.677. The molecule has 1 aromatic heterocycles. The summed E-state index contributed by atoms with van der Waals surface area (Å²) in [5.41, 5.74) is 2.38. The number of hydrogen-bond acceptors (Lipinski definition) is 6. The summed E-state index contributed by atoms with van der Waals surface area (Å²) in [5.74, 6) is -0.907.